The van der Waals surface area contributed by atoms with Crippen LogP contribution in [0.15, 0.2) is 16.5 Å². The topological polar surface area (TPSA) is 25.2 Å². The van der Waals surface area contributed by atoms with Crippen LogP contribution < -0.4 is 5.32 Å². The first-order chi connectivity index (χ1) is 7.34. The van der Waals surface area contributed by atoms with E-state index in [4.69, 9.17) is 4.42 Å². The number of aryl methyl sites for hydroxylation is 1. The lowest BCUT2D eigenvalue weighted by Crippen LogP contribution is -2.45. The lowest BCUT2D eigenvalue weighted by atomic mass is 10.2. The Labute approximate surface area is 91.8 Å². The van der Waals surface area contributed by atoms with Crippen LogP contribution >= 0.6 is 0 Å². The molecular weight excluding hydrogens is 219 g/mol. The molecule has 1 aliphatic carbocycles. The van der Waals surface area contributed by atoms with E-state index in [0.717, 1.165) is 0 Å². The van der Waals surface area contributed by atoms with E-state index < -0.39 is 17.8 Å². The molecule has 1 saturated carbocycles. The van der Waals surface area contributed by atoms with Crippen molar-refractivity contribution >= 4 is 0 Å². The second-order valence-electron chi connectivity index (χ2n) is 4.39. The molecule has 90 valence electrons. The van der Waals surface area contributed by atoms with E-state index in [1.165, 1.54) is 0 Å². The molecule has 0 spiro atoms. The summed E-state index contributed by atoms with van der Waals surface area (Å²) in [5.74, 6) is 1.26. The van der Waals surface area contributed by atoms with E-state index in [1.54, 1.807) is 26.0 Å². The largest absolute Gasteiger partial charge is 0.465 e. The van der Waals surface area contributed by atoms with E-state index in [-0.39, 0.29) is 12.8 Å². The van der Waals surface area contributed by atoms with Gasteiger partial charge >= 0.3 is 6.18 Å². The fraction of sp³-hybridized carbons (Fsp3) is 0.636. The van der Waals surface area contributed by atoms with Crippen molar-refractivity contribution in [2.24, 2.45) is 0 Å². The van der Waals surface area contributed by atoms with E-state index in [9.17, 15) is 13.2 Å². The lowest BCUT2D eigenvalue weighted by Gasteiger charge is -2.24. The van der Waals surface area contributed by atoms with Crippen LogP contribution in [-0.2, 0) is 0 Å². The molecule has 1 heterocycles. The van der Waals surface area contributed by atoms with Gasteiger partial charge in [-0.15, -0.1) is 0 Å². The molecule has 0 saturated heterocycles. The monoisotopic (exact) mass is 233 g/mol. The highest BCUT2D eigenvalue weighted by molar-refractivity contribution is 5.14. The van der Waals surface area contributed by atoms with Crippen molar-refractivity contribution in [2.45, 2.75) is 44.4 Å². The zero-order chi connectivity index (χ0) is 12.0. The SMILES string of the molecule is Cc1ccc(C(C)NC2(C(F)(F)F)CC2)o1. The number of hydrogen-bond donors (Lipinski definition) is 1. The van der Waals surface area contributed by atoms with Crippen molar-refractivity contribution in [1.82, 2.24) is 5.32 Å². The van der Waals surface area contributed by atoms with Crippen LogP contribution in [0, 0.1) is 6.92 Å². The van der Waals surface area contributed by atoms with Crippen LogP contribution in [0.3, 0.4) is 0 Å². The van der Waals surface area contributed by atoms with Gasteiger partial charge in [-0.2, -0.15) is 13.2 Å². The summed E-state index contributed by atoms with van der Waals surface area (Å²) in [6, 6.07) is 3.04. The summed E-state index contributed by atoms with van der Waals surface area (Å²) in [7, 11) is 0. The van der Waals surface area contributed by atoms with E-state index in [1.807, 2.05) is 0 Å². The van der Waals surface area contributed by atoms with Crippen molar-refractivity contribution in [3.63, 3.8) is 0 Å². The molecule has 1 aromatic rings. The number of hydrogen-bond acceptors (Lipinski definition) is 2. The average Bonchev–Trinajstić information content (AvgIpc) is 2.81. The smallest absolute Gasteiger partial charge is 0.406 e. The Kier molecular flexibility index (Phi) is 2.53. The van der Waals surface area contributed by atoms with Crippen molar-refractivity contribution in [2.75, 3.05) is 0 Å². The quantitative estimate of drug-likeness (QED) is 0.866. The van der Waals surface area contributed by atoms with Gasteiger partial charge in [0.1, 0.15) is 17.1 Å². The van der Waals surface area contributed by atoms with Crippen molar-refractivity contribution in [3.8, 4) is 0 Å². The average molecular weight is 233 g/mol. The highest BCUT2D eigenvalue weighted by atomic mass is 19.4. The first kappa shape index (κ1) is 11.5. The maximum Gasteiger partial charge on any atom is 0.406 e. The molecule has 2 nitrogen and oxygen atoms in total. The minimum Gasteiger partial charge on any atom is -0.465 e. The summed E-state index contributed by atoms with van der Waals surface area (Å²) in [5.41, 5.74) is -1.69. The van der Waals surface area contributed by atoms with Crippen molar-refractivity contribution in [1.29, 1.82) is 0 Å². The third-order valence-corrected chi connectivity index (χ3v) is 2.97. The molecule has 1 fully saturated rings. The van der Waals surface area contributed by atoms with Gasteiger partial charge in [-0.1, -0.05) is 0 Å². The number of halogens is 3. The summed E-state index contributed by atoms with van der Waals surface area (Å²) >= 11 is 0. The molecule has 0 amide bonds. The van der Waals surface area contributed by atoms with Crippen LogP contribution in [0.2, 0.25) is 0 Å². The maximum absolute atomic E-state index is 12.7. The van der Waals surface area contributed by atoms with Crippen LogP contribution in [0.1, 0.15) is 37.3 Å². The molecule has 5 heteroatoms. The molecule has 0 aliphatic heterocycles. The minimum atomic E-state index is -4.18. The molecule has 1 atom stereocenters. The van der Waals surface area contributed by atoms with Gasteiger partial charge in [0.2, 0.25) is 0 Å². The summed E-state index contributed by atoms with van der Waals surface area (Å²) in [6.07, 6.45) is -3.87. The highest BCUT2D eigenvalue weighted by Gasteiger charge is 2.63. The molecule has 1 aromatic heterocycles. The Morgan fingerprint density at radius 2 is 2.00 bits per heavy atom. The summed E-state index contributed by atoms with van der Waals surface area (Å²) < 4.78 is 43.4. The summed E-state index contributed by atoms with van der Waals surface area (Å²) in [4.78, 5) is 0. The predicted molar refractivity (Wildman–Crippen MR) is 53.0 cm³/mol. The van der Waals surface area contributed by atoms with Gasteiger partial charge in [0.25, 0.3) is 0 Å². The summed E-state index contributed by atoms with van der Waals surface area (Å²) in [6.45, 7) is 3.46. The Bertz CT molecular complexity index is 379. The van der Waals surface area contributed by atoms with Crippen molar-refractivity contribution < 1.29 is 17.6 Å². The molecule has 1 unspecified atom stereocenters. The molecule has 1 aliphatic rings. The third kappa shape index (κ3) is 1.96. The molecule has 0 aromatic carbocycles. The molecule has 1 N–H and O–H groups in total. The molecular formula is C11H14F3NO. The summed E-state index contributed by atoms with van der Waals surface area (Å²) in [5, 5.41) is 2.62. The van der Waals surface area contributed by atoms with E-state index >= 15 is 0 Å². The Hall–Kier alpha value is -0.970. The van der Waals surface area contributed by atoms with Gasteiger partial charge in [0, 0.05) is 0 Å². The molecule has 2 rings (SSSR count). The predicted octanol–water partition coefficient (Wildman–Crippen LogP) is 3.33. The zero-order valence-electron chi connectivity index (χ0n) is 9.19. The van der Waals surface area contributed by atoms with Crippen LogP contribution in [0.25, 0.3) is 0 Å². The lowest BCUT2D eigenvalue weighted by molar-refractivity contribution is -0.168. The standard InChI is InChI=1S/C11H14F3NO/c1-7-3-4-9(16-7)8(2)15-10(5-6-10)11(12,13)14/h3-4,8,15H,5-6H2,1-2H3. The van der Waals surface area contributed by atoms with E-state index in [0.29, 0.717) is 11.5 Å². The highest BCUT2D eigenvalue weighted by Crippen LogP contribution is 2.50. The molecule has 16 heavy (non-hydrogen) atoms. The normalized spacial score (nSPS) is 20.8. The van der Waals surface area contributed by atoms with E-state index in [2.05, 4.69) is 5.32 Å². The second kappa shape index (κ2) is 3.52. The molecule has 0 radical (unpaired) electrons. The van der Waals surface area contributed by atoms with Gasteiger partial charge in [0.05, 0.1) is 6.04 Å². The zero-order valence-corrected chi connectivity index (χ0v) is 9.19. The first-order valence-electron chi connectivity index (χ1n) is 5.25. The van der Waals surface area contributed by atoms with Gasteiger partial charge in [0.15, 0.2) is 0 Å². The Morgan fingerprint density at radius 1 is 1.38 bits per heavy atom. The maximum atomic E-state index is 12.7. The fourth-order valence-electron chi connectivity index (χ4n) is 1.81. The van der Waals surface area contributed by atoms with Crippen LogP contribution in [0.5, 0.6) is 0 Å². The minimum absolute atomic E-state index is 0.153. The second-order valence-corrected chi connectivity index (χ2v) is 4.39. The third-order valence-electron chi connectivity index (χ3n) is 2.97. The van der Waals surface area contributed by atoms with Gasteiger partial charge in [-0.05, 0) is 38.8 Å². The number of furan rings is 1. The Balaban J connectivity index is 2.06. The van der Waals surface area contributed by atoms with Gasteiger partial charge in [-0.3, -0.25) is 5.32 Å². The van der Waals surface area contributed by atoms with Crippen molar-refractivity contribution in [3.05, 3.63) is 23.7 Å². The van der Waals surface area contributed by atoms with Crippen LogP contribution in [-0.4, -0.2) is 11.7 Å². The van der Waals surface area contributed by atoms with Gasteiger partial charge < -0.3 is 4.42 Å². The van der Waals surface area contributed by atoms with Gasteiger partial charge in [-0.25, -0.2) is 0 Å². The number of alkyl halides is 3. The molecule has 0 bridgehead atoms. The first-order valence-corrected chi connectivity index (χ1v) is 5.25. The number of rotatable bonds is 3. The fourth-order valence-corrected chi connectivity index (χ4v) is 1.81. The Morgan fingerprint density at radius 3 is 2.38 bits per heavy atom. The van der Waals surface area contributed by atoms with Crippen LogP contribution in [0.4, 0.5) is 13.2 Å². The number of nitrogens with one attached hydrogen (secondary N) is 1.